The lowest BCUT2D eigenvalue weighted by molar-refractivity contribution is 0.591. The van der Waals surface area contributed by atoms with Gasteiger partial charge in [-0.15, -0.1) is 0 Å². The van der Waals surface area contributed by atoms with Crippen LogP contribution in [0.25, 0.3) is 10.9 Å². The number of hydrogen-bond donors (Lipinski definition) is 2. The van der Waals surface area contributed by atoms with Crippen molar-refractivity contribution in [3.8, 4) is 0 Å². The van der Waals surface area contributed by atoms with Crippen LogP contribution in [0.1, 0.15) is 5.56 Å². The first kappa shape index (κ1) is 9.15. The Balaban J connectivity index is 2.66. The Morgan fingerprint density at radius 1 is 1.29 bits per heavy atom. The molecule has 1 aromatic carbocycles. The van der Waals surface area contributed by atoms with Gasteiger partial charge in [-0.3, -0.25) is 0 Å². The fourth-order valence-electron chi connectivity index (χ4n) is 1.57. The molecule has 74 valence electrons. The first-order chi connectivity index (χ1) is 6.72. The molecule has 0 aliphatic heterocycles. The van der Waals surface area contributed by atoms with Crippen molar-refractivity contribution in [3.63, 3.8) is 0 Å². The molecule has 0 atom stereocenters. The molecule has 0 aliphatic carbocycles. The maximum absolute atomic E-state index is 13.2. The maximum atomic E-state index is 13.2. The summed E-state index contributed by atoms with van der Waals surface area (Å²) >= 11 is 0. The molecule has 0 fully saturated rings. The molecule has 0 saturated heterocycles. The van der Waals surface area contributed by atoms with E-state index in [9.17, 15) is 8.78 Å². The molecule has 0 spiro atoms. The fraction of sp³-hybridized carbons (Fsp3) is 0.200. The quantitative estimate of drug-likeness (QED) is 0.757. The van der Waals surface area contributed by atoms with Crippen LogP contribution in [0, 0.1) is 11.6 Å². The zero-order valence-corrected chi connectivity index (χ0v) is 7.48. The molecule has 3 N–H and O–H groups in total. The van der Waals surface area contributed by atoms with Gasteiger partial charge in [-0.2, -0.15) is 0 Å². The summed E-state index contributed by atoms with van der Waals surface area (Å²) < 4.78 is 26.1. The van der Waals surface area contributed by atoms with Gasteiger partial charge in [0.2, 0.25) is 0 Å². The number of hydrogen-bond acceptors (Lipinski definition) is 1. The van der Waals surface area contributed by atoms with Crippen LogP contribution in [0.4, 0.5) is 8.78 Å². The van der Waals surface area contributed by atoms with E-state index in [1.165, 1.54) is 6.07 Å². The lowest BCUT2D eigenvalue weighted by atomic mass is 10.1. The van der Waals surface area contributed by atoms with E-state index in [1.807, 2.05) is 0 Å². The van der Waals surface area contributed by atoms with Crippen molar-refractivity contribution >= 4 is 10.9 Å². The maximum Gasteiger partial charge on any atom is 0.150 e. The SMILES string of the molecule is NCCc1c[nH]c2c(F)cc(F)cc12. The number of nitrogens with two attached hydrogens (primary N) is 1. The molecule has 1 heterocycles. The van der Waals surface area contributed by atoms with Gasteiger partial charge in [0.05, 0.1) is 5.52 Å². The zero-order chi connectivity index (χ0) is 10.1. The highest BCUT2D eigenvalue weighted by molar-refractivity contribution is 5.83. The second-order valence-electron chi connectivity index (χ2n) is 3.16. The first-order valence-electron chi connectivity index (χ1n) is 4.37. The number of aromatic nitrogens is 1. The van der Waals surface area contributed by atoms with E-state index in [0.29, 0.717) is 23.9 Å². The minimum atomic E-state index is -0.566. The Hall–Kier alpha value is -1.42. The Morgan fingerprint density at radius 3 is 2.79 bits per heavy atom. The van der Waals surface area contributed by atoms with Gasteiger partial charge in [0.25, 0.3) is 0 Å². The molecule has 0 radical (unpaired) electrons. The number of halogens is 2. The lowest BCUT2D eigenvalue weighted by Gasteiger charge is -1.97. The topological polar surface area (TPSA) is 41.8 Å². The van der Waals surface area contributed by atoms with Gasteiger partial charge in [0.1, 0.15) is 11.6 Å². The van der Waals surface area contributed by atoms with Gasteiger partial charge >= 0.3 is 0 Å². The van der Waals surface area contributed by atoms with Crippen molar-refractivity contribution < 1.29 is 8.78 Å². The van der Waals surface area contributed by atoms with E-state index in [1.54, 1.807) is 6.20 Å². The Morgan fingerprint density at radius 2 is 2.07 bits per heavy atom. The summed E-state index contributed by atoms with van der Waals surface area (Å²) in [4.78, 5) is 2.77. The largest absolute Gasteiger partial charge is 0.359 e. The second-order valence-corrected chi connectivity index (χ2v) is 3.16. The number of nitrogens with one attached hydrogen (secondary N) is 1. The van der Waals surface area contributed by atoms with Crippen LogP contribution in [-0.4, -0.2) is 11.5 Å². The van der Waals surface area contributed by atoms with E-state index in [4.69, 9.17) is 5.73 Å². The first-order valence-corrected chi connectivity index (χ1v) is 4.37. The Kier molecular flexibility index (Phi) is 2.21. The van der Waals surface area contributed by atoms with E-state index in [-0.39, 0.29) is 0 Å². The van der Waals surface area contributed by atoms with Crippen molar-refractivity contribution in [2.45, 2.75) is 6.42 Å². The highest BCUT2D eigenvalue weighted by Crippen LogP contribution is 2.22. The van der Waals surface area contributed by atoms with Gasteiger partial charge in [-0.25, -0.2) is 8.78 Å². The third kappa shape index (κ3) is 1.37. The number of aromatic amines is 1. The van der Waals surface area contributed by atoms with Gasteiger partial charge in [-0.1, -0.05) is 0 Å². The predicted octanol–water partition coefficient (Wildman–Crippen LogP) is 1.95. The third-order valence-electron chi connectivity index (χ3n) is 2.21. The fourth-order valence-corrected chi connectivity index (χ4v) is 1.57. The highest BCUT2D eigenvalue weighted by atomic mass is 19.1. The van der Waals surface area contributed by atoms with Crippen molar-refractivity contribution in [3.05, 3.63) is 35.5 Å². The summed E-state index contributed by atoms with van der Waals surface area (Å²) in [5, 5.41) is 0.577. The molecule has 2 rings (SSSR count). The summed E-state index contributed by atoms with van der Waals surface area (Å²) in [7, 11) is 0. The van der Waals surface area contributed by atoms with Crippen molar-refractivity contribution in [2.75, 3.05) is 6.54 Å². The number of rotatable bonds is 2. The van der Waals surface area contributed by atoms with E-state index < -0.39 is 11.6 Å². The van der Waals surface area contributed by atoms with Crippen LogP contribution in [0.2, 0.25) is 0 Å². The zero-order valence-electron chi connectivity index (χ0n) is 7.48. The van der Waals surface area contributed by atoms with Crippen LogP contribution < -0.4 is 5.73 Å². The minimum Gasteiger partial charge on any atom is -0.359 e. The molecule has 4 heteroatoms. The van der Waals surface area contributed by atoms with Crippen LogP contribution in [0.5, 0.6) is 0 Å². The van der Waals surface area contributed by atoms with E-state index in [2.05, 4.69) is 4.98 Å². The van der Waals surface area contributed by atoms with Gasteiger partial charge in [0.15, 0.2) is 0 Å². The Bertz CT molecular complexity index is 462. The molecule has 0 bridgehead atoms. The van der Waals surface area contributed by atoms with Crippen molar-refractivity contribution in [1.29, 1.82) is 0 Å². The van der Waals surface area contributed by atoms with Crippen molar-refractivity contribution in [2.24, 2.45) is 5.73 Å². The third-order valence-corrected chi connectivity index (χ3v) is 2.21. The molecule has 2 nitrogen and oxygen atoms in total. The van der Waals surface area contributed by atoms with E-state index >= 15 is 0 Å². The van der Waals surface area contributed by atoms with Gasteiger partial charge < -0.3 is 10.7 Å². The normalized spacial score (nSPS) is 11.1. The number of H-pyrrole nitrogens is 1. The molecule has 0 amide bonds. The molecule has 0 unspecified atom stereocenters. The molecular formula is C10H10F2N2. The van der Waals surface area contributed by atoms with Gasteiger partial charge in [0, 0.05) is 17.6 Å². The Labute approximate surface area is 79.7 Å². The predicted molar refractivity (Wildman–Crippen MR) is 51.0 cm³/mol. The van der Waals surface area contributed by atoms with Crippen LogP contribution in [-0.2, 0) is 6.42 Å². The summed E-state index contributed by atoms with van der Waals surface area (Å²) in [6, 6.07) is 2.19. The number of fused-ring (bicyclic) bond motifs is 1. The summed E-state index contributed by atoms with van der Waals surface area (Å²) in [5.41, 5.74) is 6.58. The van der Waals surface area contributed by atoms with Crippen LogP contribution in [0.3, 0.4) is 0 Å². The van der Waals surface area contributed by atoms with Crippen LogP contribution >= 0.6 is 0 Å². The summed E-state index contributed by atoms with van der Waals surface area (Å²) in [5.74, 6) is -1.13. The number of benzene rings is 1. The molecule has 1 aromatic heterocycles. The summed E-state index contributed by atoms with van der Waals surface area (Å²) in [6.07, 6.45) is 2.28. The molecule has 0 saturated carbocycles. The highest BCUT2D eigenvalue weighted by Gasteiger charge is 2.08. The summed E-state index contributed by atoms with van der Waals surface area (Å²) in [6.45, 7) is 0.463. The van der Waals surface area contributed by atoms with Crippen molar-refractivity contribution in [1.82, 2.24) is 4.98 Å². The molecule has 0 aliphatic rings. The molecule has 2 aromatic rings. The standard InChI is InChI=1S/C10H10F2N2/c11-7-3-8-6(1-2-13)5-14-10(8)9(12)4-7/h3-5,14H,1-2,13H2. The smallest absolute Gasteiger partial charge is 0.150 e. The van der Waals surface area contributed by atoms with E-state index in [0.717, 1.165) is 11.6 Å². The average molecular weight is 196 g/mol. The molecule has 14 heavy (non-hydrogen) atoms. The van der Waals surface area contributed by atoms with Crippen LogP contribution in [0.15, 0.2) is 18.3 Å². The monoisotopic (exact) mass is 196 g/mol. The second kappa shape index (κ2) is 3.38. The average Bonchev–Trinajstić information content (AvgIpc) is 2.49. The lowest BCUT2D eigenvalue weighted by Crippen LogP contribution is -2.01. The van der Waals surface area contributed by atoms with Gasteiger partial charge in [-0.05, 0) is 24.6 Å². The molecular weight excluding hydrogens is 186 g/mol. The minimum absolute atomic E-state index is 0.342.